The van der Waals surface area contributed by atoms with Crippen LogP contribution < -0.4 is 4.74 Å². The zero-order chi connectivity index (χ0) is 13.8. The number of phenols is 1. The van der Waals surface area contributed by atoms with Gasteiger partial charge in [-0.05, 0) is 56.8 Å². The van der Waals surface area contributed by atoms with Gasteiger partial charge in [0.25, 0.3) is 0 Å². The Kier molecular flexibility index (Phi) is 4.70. The Balaban J connectivity index is 2.00. The van der Waals surface area contributed by atoms with E-state index in [-0.39, 0.29) is 0 Å². The molecule has 0 spiro atoms. The van der Waals surface area contributed by atoms with Gasteiger partial charge in [0.2, 0.25) is 0 Å². The summed E-state index contributed by atoms with van der Waals surface area (Å²) in [6, 6.07) is 6.07. The minimum absolute atomic E-state index is 0.358. The summed E-state index contributed by atoms with van der Waals surface area (Å²) < 4.78 is 5.22. The van der Waals surface area contributed by atoms with Crippen LogP contribution >= 0.6 is 0 Å². The maximum atomic E-state index is 9.94. The fourth-order valence-electron chi connectivity index (χ4n) is 2.90. The lowest BCUT2D eigenvalue weighted by molar-refractivity contribution is 0.162. The zero-order valence-corrected chi connectivity index (χ0v) is 12.2. The molecule has 0 bridgehead atoms. The predicted molar refractivity (Wildman–Crippen MR) is 77.5 cm³/mol. The molecule has 1 saturated carbocycles. The van der Waals surface area contributed by atoms with Gasteiger partial charge >= 0.3 is 0 Å². The average molecular weight is 263 g/mol. The highest BCUT2D eigenvalue weighted by molar-refractivity contribution is 5.39. The third-order valence-electron chi connectivity index (χ3n) is 4.32. The van der Waals surface area contributed by atoms with Crippen LogP contribution in [-0.4, -0.2) is 30.2 Å². The Morgan fingerprint density at radius 3 is 2.58 bits per heavy atom. The molecule has 0 radical (unpaired) electrons. The van der Waals surface area contributed by atoms with E-state index in [0.717, 1.165) is 23.8 Å². The second-order valence-electron chi connectivity index (χ2n) is 5.82. The molecule has 19 heavy (non-hydrogen) atoms. The first-order valence-electron chi connectivity index (χ1n) is 7.16. The standard InChI is InChI=1S/C16H25NO2/c1-12-4-6-14(7-5-12)17(2)11-13-10-15(19-3)8-9-16(13)18/h8-10,12,14,18H,4-7,11H2,1-3H3. The Bertz CT molecular complexity index is 411. The summed E-state index contributed by atoms with van der Waals surface area (Å²) in [5, 5.41) is 9.94. The van der Waals surface area contributed by atoms with Crippen molar-refractivity contribution >= 4 is 0 Å². The van der Waals surface area contributed by atoms with E-state index >= 15 is 0 Å². The van der Waals surface area contributed by atoms with Crippen LogP contribution in [0.25, 0.3) is 0 Å². The molecule has 0 saturated heterocycles. The van der Waals surface area contributed by atoms with E-state index < -0.39 is 0 Å². The molecule has 1 aromatic rings. The lowest BCUT2D eigenvalue weighted by Gasteiger charge is -2.33. The number of ether oxygens (including phenoxy) is 1. The van der Waals surface area contributed by atoms with Gasteiger partial charge in [0.05, 0.1) is 7.11 Å². The third kappa shape index (κ3) is 3.63. The van der Waals surface area contributed by atoms with Gasteiger partial charge in [-0.2, -0.15) is 0 Å². The maximum absolute atomic E-state index is 9.94. The Hall–Kier alpha value is -1.22. The van der Waals surface area contributed by atoms with Gasteiger partial charge in [-0.25, -0.2) is 0 Å². The molecule has 0 amide bonds. The van der Waals surface area contributed by atoms with Gasteiger partial charge in [0.15, 0.2) is 0 Å². The van der Waals surface area contributed by atoms with Gasteiger partial charge in [0.1, 0.15) is 11.5 Å². The number of nitrogens with zero attached hydrogens (tertiary/aromatic N) is 1. The summed E-state index contributed by atoms with van der Waals surface area (Å²) in [7, 11) is 3.81. The number of aromatic hydroxyl groups is 1. The molecular weight excluding hydrogens is 238 g/mol. The molecule has 0 aliphatic heterocycles. The minimum atomic E-state index is 0.358. The lowest BCUT2D eigenvalue weighted by atomic mass is 9.86. The highest BCUT2D eigenvalue weighted by Gasteiger charge is 2.22. The van der Waals surface area contributed by atoms with Crippen LogP contribution in [0.15, 0.2) is 18.2 Å². The van der Waals surface area contributed by atoms with Crippen LogP contribution in [0, 0.1) is 5.92 Å². The second-order valence-corrected chi connectivity index (χ2v) is 5.82. The third-order valence-corrected chi connectivity index (χ3v) is 4.32. The molecule has 0 heterocycles. The largest absolute Gasteiger partial charge is 0.508 e. The van der Waals surface area contributed by atoms with Crippen LogP contribution in [0.5, 0.6) is 11.5 Å². The van der Waals surface area contributed by atoms with E-state index in [0.29, 0.717) is 11.8 Å². The average Bonchev–Trinajstić information content (AvgIpc) is 2.42. The molecule has 0 aromatic heterocycles. The SMILES string of the molecule is COc1ccc(O)c(CN(C)C2CCC(C)CC2)c1. The van der Waals surface area contributed by atoms with Gasteiger partial charge in [0, 0.05) is 18.2 Å². The van der Waals surface area contributed by atoms with E-state index in [9.17, 15) is 5.11 Å². The summed E-state index contributed by atoms with van der Waals surface area (Å²) in [6.45, 7) is 3.12. The predicted octanol–water partition coefficient (Wildman–Crippen LogP) is 3.41. The van der Waals surface area contributed by atoms with Crippen molar-refractivity contribution < 1.29 is 9.84 Å². The van der Waals surface area contributed by atoms with Crippen LogP contribution in [0.4, 0.5) is 0 Å². The number of rotatable bonds is 4. The van der Waals surface area contributed by atoms with Crippen molar-refractivity contribution in [2.45, 2.75) is 45.2 Å². The van der Waals surface area contributed by atoms with Crippen LogP contribution in [-0.2, 0) is 6.54 Å². The topological polar surface area (TPSA) is 32.7 Å². The molecule has 1 aliphatic rings. The Morgan fingerprint density at radius 2 is 1.95 bits per heavy atom. The highest BCUT2D eigenvalue weighted by atomic mass is 16.5. The van der Waals surface area contributed by atoms with Crippen molar-refractivity contribution in [3.05, 3.63) is 23.8 Å². The first kappa shape index (κ1) is 14.2. The normalized spacial score (nSPS) is 23.6. The van der Waals surface area contributed by atoms with Gasteiger partial charge in [-0.3, -0.25) is 4.90 Å². The first-order valence-corrected chi connectivity index (χ1v) is 7.16. The minimum Gasteiger partial charge on any atom is -0.508 e. The molecule has 1 aliphatic carbocycles. The van der Waals surface area contributed by atoms with Gasteiger partial charge in [-0.1, -0.05) is 6.92 Å². The van der Waals surface area contributed by atoms with Crippen molar-refractivity contribution in [2.24, 2.45) is 5.92 Å². The van der Waals surface area contributed by atoms with E-state index in [2.05, 4.69) is 18.9 Å². The Labute approximate surface area is 116 Å². The molecule has 3 nitrogen and oxygen atoms in total. The van der Waals surface area contributed by atoms with E-state index in [4.69, 9.17) is 4.74 Å². The number of methoxy groups -OCH3 is 1. The second kappa shape index (κ2) is 6.29. The van der Waals surface area contributed by atoms with Crippen LogP contribution in [0.1, 0.15) is 38.2 Å². The van der Waals surface area contributed by atoms with Crippen molar-refractivity contribution in [2.75, 3.05) is 14.2 Å². The summed E-state index contributed by atoms with van der Waals surface area (Å²) in [6.07, 6.45) is 5.17. The number of hydrogen-bond acceptors (Lipinski definition) is 3. The fourth-order valence-corrected chi connectivity index (χ4v) is 2.90. The molecule has 2 rings (SSSR count). The van der Waals surface area contributed by atoms with Crippen LogP contribution in [0.2, 0.25) is 0 Å². The van der Waals surface area contributed by atoms with Crippen LogP contribution in [0.3, 0.4) is 0 Å². The molecule has 3 heteroatoms. The molecule has 1 aromatic carbocycles. The molecule has 106 valence electrons. The number of phenolic OH excluding ortho intramolecular Hbond substituents is 1. The Morgan fingerprint density at radius 1 is 1.26 bits per heavy atom. The summed E-state index contributed by atoms with van der Waals surface area (Å²) in [5.41, 5.74) is 0.945. The molecule has 0 atom stereocenters. The first-order chi connectivity index (χ1) is 9.10. The van der Waals surface area contributed by atoms with Gasteiger partial charge in [-0.15, -0.1) is 0 Å². The van der Waals surface area contributed by atoms with Gasteiger partial charge < -0.3 is 9.84 Å². The summed E-state index contributed by atoms with van der Waals surface area (Å²) in [4.78, 5) is 2.36. The molecule has 0 unspecified atom stereocenters. The summed E-state index contributed by atoms with van der Waals surface area (Å²) >= 11 is 0. The monoisotopic (exact) mass is 263 g/mol. The van der Waals surface area contributed by atoms with Crippen molar-refractivity contribution in [3.63, 3.8) is 0 Å². The molecule has 1 fully saturated rings. The van der Waals surface area contributed by atoms with E-state index in [1.165, 1.54) is 25.7 Å². The van der Waals surface area contributed by atoms with Crippen molar-refractivity contribution in [1.82, 2.24) is 4.90 Å². The van der Waals surface area contributed by atoms with E-state index in [1.807, 2.05) is 6.07 Å². The molecular formula is C16H25NO2. The number of benzene rings is 1. The quantitative estimate of drug-likeness (QED) is 0.903. The van der Waals surface area contributed by atoms with Crippen molar-refractivity contribution in [3.8, 4) is 11.5 Å². The van der Waals surface area contributed by atoms with Crippen molar-refractivity contribution in [1.29, 1.82) is 0 Å². The smallest absolute Gasteiger partial charge is 0.120 e. The summed E-state index contributed by atoms with van der Waals surface area (Å²) in [5.74, 6) is 2.03. The molecule has 1 N–H and O–H groups in total. The fraction of sp³-hybridized carbons (Fsp3) is 0.625. The zero-order valence-electron chi connectivity index (χ0n) is 12.2. The van der Waals surface area contributed by atoms with E-state index in [1.54, 1.807) is 19.2 Å². The number of hydrogen-bond donors (Lipinski definition) is 1. The lowest BCUT2D eigenvalue weighted by Crippen LogP contribution is -2.34. The highest BCUT2D eigenvalue weighted by Crippen LogP contribution is 2.29. The maximum Gasteiger partial charge on any atom is 0.120 e.